The first-order chi connectivity index (χ1) is 12.0. The summed E-state index contributed by atoms with van der Waals surface area (Å²) in [5, 5.41) is 2.83. The topological polar surface area (TPSA) is 75.4 Å². The highest BCUT2D eigenvalue weighted by molar-refractivity contribution is 6.07. The third-order valence-electron chi connectivity index (χ3n) is 4.46. The van der Waals surface area contributed by atoms with Crippen molar-refractivity contribution in [3.63, 3.8) is 0 Å². The molecule has 0 atom stereocenters. The van der Waals surface area contributed by atoms with E-state index in [9.17, 15) is 9.59 Å². The minimum Gasteiger partial charge on any atom is -0.398 e. The molecule has 3 N–H and O–H groups in total. The molecule has 1 aliphatic heterocycles. The van der Waals surface area contributed by atoms with Crippen molar-refractivity contribution in [2.45, 2.75) is 26.7 Å². The molecule has 0 spiro atoms. The first-order valence-corrected chi connectivity index (χ1v) is 8.57. The molecule has 138 valence electrons. The van der Waals surface area contributed by atoms with Crippen LogP contribution < -0.4 is 16.0 Å². The second-order valence-electron chi connectivity index (χ2n) is 6.63. The molecule has 1 aliphatic rings. The number of hydrogen-bond donors (Lipinski definition) is 2. The molecule has 5 nitrogen and oxygen atoms in total. The summed E-state index contributed by atoms with van der Waals surface area (Å²) >= 11 is 0. The molecular formula is C20H24ClN3O2. The van der Waals surface area contributed by atoms with Gasteiger partial charge in [0.1, 0.15) is 0 Å². The summed E-state index contributed by atoms with van der Waals surface area (Å²) in [5.41, 5.74) is 10.0. The van der Waals surface area contributed by atoms with Crippen molar-refractivity contribution in [3.05, 3.63) is 53.6 Å². The van der Waals surface area contributed by atoms with Crippen LogP contribution in [0.25, 0.3) is 0 Å². The van der Waals surface area contributed by atoms with Crippen molar-refractivity contribution in [3.8, 4) is 0 Å². The average Bonchev–Trinajstić information content (AvgIpc) is 2.61. The summed E-state index contributed by atoms with van der Waals surface area (Å²) in [6.45, 7) is 4.36. The van der Waals surface area contributed by atoms with E-state index >= 15 is 0 Å². The number of carbonyl (C=O) groups is 2. The molecular weight excluding hydrogens is 350 g/mol. The van der Waals surface area contributed by atoms with Crippen molar-refractivity contribution >= 4 is 41.3 Å². The number of amides is 2. The van der Waals surface area contributed by atoms with Crippen LogP contribution in [-0.2, 0) is 11.2 Å². The van der Waals surface area contributed by atoms with Crippen molar-refractivity contribution in [2.24, 2.45) is 5.92 Å². The molecule has 3 rings (SSSR count). The monoisotopic (exact) mass is 373 g/mol. The highest BCUT2D eigenvalue weighted by Crippen LogP contribution is 2.32. The molecule has 0 unspecified atom stereocenters. The Morgan fingerprint density at radius 2 is 1.81 bits per heavy atom. The summed E-state index contributed by atoms with van der Waals surface area (Å²) in [4.78, 5) is 26.5. The smallest absolute Gasteiger partial charge is 0.258 e. The molecule has 2 amide bonds. The number of anilines is 3. The fourth-order valence-corrected chi connectivity index (χ4v) is 3.00. The van der Waals surface area contributed by atoms with Gasteiger partial charge in [-0.2, -0.15) is 0 Å². The maximum atomic E-state index is 12.9. The molecule has 6 heteroatoms. The van der Waals surface area contributed by atoms with Crippen LogP contribution in [-0.4, -0.2) is 18.4 Å². The Balaban J connectivity index is 0.00000243. The van der Waals surface area contributed by atoms with E-state index in [1.165, 1.54) is 0 Å². The van der Waals surface area contributed by atoms with Crippen molar-refractivity contribution < 1.29 is 9.59 Å². The third-order valence-corrected chi connectivity index (χ3v) is 4.46. The van der Waals surface area contributed by atoms with Crippen LogP contribution >= 0.6 is 12.4 Å². The minimum absolute atomic E-state index is 0. The fourth-order valence-electron chi connectivity index (χ4n) is 3.00. The van der Waals surface area contributed by atoms with Gasteiger partial charge in [0, 0.05) is 35.1 Å². The van der Waals surface area contributed by atoms with Gasteiger partial charge < -0.3 is 16.0 Å². The van der Waals surface area contributed by atoms with Gasteiger partial charge in [-0.05, 0) is 54.8 Å². The van der Waals surface area contributed by atoms with Crippen molar-refractivity contribution in [2.75, 3.05) is 22.5 Å². The SMILES string of the molecule is CC(C)C(=O)Nc1ccc(C(=O)N2CCCc3c(N)cccc32)cc1.Cl. The summed E-state index contributed by atoms with van der Waals surface area (Å²) in [5.74, 6) is -0.176. The number of hydrogen-bond acceptors (Lipinski definition) is 3. The number of fused-ring (bicyclic) bond motifs is 1. The zero-order valence-corrected chi connectivity index (χ0v) is 15.8. The molecule has 2 aromatic carbocycles. The molecule has 0 aliphatic carbocycles. The third kappa shape index (κ3) is 3.99. The normalized spacial score (nSPS) is 13.0. The highest BCUT2D eigenvalue weighted by atomic mass is 35.5. The van der Waals surface area contributed by atoms with Crippen LogP contribution in [0.4, 0.5) is 17.1 Å². The Kier molecular flexibility index (Phi) is 6.27. The minimum atomic E-state index is -0.0865. The van der Waals surface area contributed by atoms with Gasteiger partial charge in [-0.25, -0.2) is 0 Å². The molecule has 0 aromatic heterocycles. The van der Waals surface area contributed by atoms with E-state index in [2.05, 4.69) is 5.32 Å². The van der Waals surface area contributed by atoms with Gasteiger partial charge >= 0.3 is 0 Å². The van der Waals surface area contributed by atoms with E-state index in [1.807, 2.05) is 32.0 Å². The highest BCUT2D eigenvalue weighted by Gasteiger charge is 2.24. The number of benzene rings is 2. The predicted octanol–water partition coefficient (Wildman–Crippen LogP) is 3.88. The Morgan fingerprint density at radius 3 is 2.46 bits per heavy atom. The van der Waals surface area contributed by atoms with E-state index in [1.54, 1.807) is 29.2 Å². The lowest BCUT2D eigenvalue weighted by molar-refractivity contribution is -0.118. The molecule has 2 aromatic rings. The first-order valence-electron chi connectivity index (χ1n) is 8.57. The second kappa shape index (κ2) is 8.23. The molecule has 0 radical (unpaired) electrons. The summed E-state index contributed by atoms with van der Waals surface area (Å²) in [6, 6.07) is 12.7. The van der Waals surface area contributed by atoms with Crippen LogP contribution in [0.1, 0.15) is 36.2 Å². The lowest BCUT2D eigenvalue weighted by Crippen LogP contribution is -2.35. The summed E-state index contributed by atoms with van der Waals surface area (Å²) in [7, 11) is 0. The van der Waals surface area contributed by atoms with Gasteiger partial charge in [0.25, 0.3) is 5.91 Å². The summed E-state index contributed by atoms with van der Waals surface area (Å²) < 4.78 is 0. The Bertz CT molecular complexity index is 803. The number of halogens is 1. The van der Waals surface area contributed by atoms with Gasteiger partial charge in [-0.3, -0.25) is 9.59 Å². The van der Waals surface area contributed by atoms with Crippen LogP contribution in [0.15, 0.2) is 42.5 Å². The zero-order chi connectivity index (χ0) is 18.0. The van der Waals surface area contributed by atoms with E-state index < -0.39 is 0 Å². The van der Waals surface area contributed by atoms with Gasteiger partial charge in [0.15, 0.2) is 0 Å². The lowest BCUT2D eigenvalue weighted by Gasteiger charge is -2.30. The van der Waals surface area contributed by atoms with Crippen LogP contribution in [0, 0.1) is 5.92 Å². The number of nitrogens with zero attached hydrogens (tertiary/aromatic N) is 1. The van der Waals surface area contributed by atoms with Gasteiger partial charge in [0.2, 0.25) is 5.91 Å². The second-order valence-corrected chi connectivity index (χ2v) is 6.63. The molecule has 0 fully saturated rings. The van der Waals surface area contributed by atoms with E-state index in [0.717, 1.165) is 29.8 Å². The van der Waals surface area contributed by atoms with E-state index in [0.29, 0.717) is 17.8 Å². The molecule has 1 heterocycles. The largest absolute Gasteiger partial charge is 0.398 e. The number of carbonyl (C=O) groups excluding carboxylic acids is 2. The predicted molar refractivity (Wildman–Crippen MR) is 108 cm³/mol. The summed E-state index contributed by atoms with van der Waals surface area (Å²) in [6.07, 6.45) is 1.79. The molecule has 0 saturated heterocycles. The lowest BCUT2D eigenvalue weighted by atomic mass is 9.99. The van der Waals surface area contributed by atoms with Crippen LogP contribution in [0.3, 0.4) is 0 Å². The van der Waals surface area contributed by atoms with Crippen molar-refractivity contribution in [1.82, 2.24) is 0 Å². The molecule has 26 heavy (non-hydrogen) atoms. The maximum Gasteiger partial charge on any atom is 0.258 e. The standard InChI is InChI=1S/C20H23N3O2.ClH/c1-13(2)19(24)22-15-10-8-14(9-11-15)20(25)23-12-4-5-16-17(21)6-3-7-18(16)23;/h3,6-11,13H,4-5,12,21H2,1-2H3,(H,22,24);1H. The first kappa shape index (κ1) is 19.8. The average molecular weight is 374 g/mol. The number of nitrogen functional groups attached to an aromatic ring is 1. The maximum absolute atomic E-state index is 12.9. The van der Waals surface area contributed by atoms with E-state index in [-0.39, 0.29) is 30.1 Å². The van der Waals surface area contributed by atoms with Crippen LogP contribution in [0.2, 0.25) is 0 Å². The number of nitrogens with two attached hydrogens (primary N) is 1. The molecule has 0 saturated carbocycles. The van der Waals surface area contributed by atoms with E-state index in [4.69, 9.17) is 5.73 Å². The van der Waals surface area contributed by atoms with Crippen molar-refractivity contribution in [1.29, 1.82) is 0 Å². The molecule has 0 bridgehead atoms. The quantitative estimate of drug-likeness (QED) is 0.801. The Labute approximate surface area is 160 Å². The Morgan fingerprint density at radius 1 is 1.12 bits per heavy atom. The van der Waals surface area contributed by atoms with Gasteiger partial charge in [-0.15, -0.1) is 12.4 Å². The fraction of sp³-hybridized carbons (Fsp3) is 0.300. The zero-order valence-electron chi connectivity index (χ0n) is 15.0. The van der Waals surface area contributed by atoms with Gasteiger partial charge in [0.05, 0.1) is 0 Å². The van der Waals surface area contributed by atoms with Gasteiger partial charge in [-0.1, -0.05) is 19.9 Å². The van der Waals surface area contributed by atoms with Crippen LogP contribution in [0.5, 0.6) is 0 Å². The number of nitrogens with one attached hydrogen (secondary N) is 1. The number of rotatable bonds is 3. The Hall–Kier alpha value is -2.53.